The van der Waals surface area contributed by atoms with Crippen LogP contribution in [0.2, 0.25) is 0 Å². The first kappa shape index (κ1) is 16.3. The van der Waals surface area contributed by atoms with Crippen molar-refractivity contribution in [3.8, 4) is 5.88 Å². The zero-order valence-electron chi connectivity index (χ0n) is 14.6. The number of ether oxygens (including phenoxy) is 2. The molecule has 2 aromatic rings. The fourth-order valence-electron chi connectivity index (χ4n) is 3.34. The lowest BCUT2D eigenvalue weighted by Crippen LogP contribution is -2.46. The Bertz CT molecular complexity index is 711. The molecular weight excluding hydrogens is 320 g/mol. The minimum absolute atomic E-state index is 0.616. The zero-order valence-corrected chi connectivity index (χ0v) is 14.6. The SMILES string of the molecule is CCOc1ccnc(N2CCN(Cc3cnc4n3CCOC4)CC2)n1. The first-order valence-corrected chi connectivity index (χ1v) is 8.87. The van der Waals surface area contributed by atoms with Gasteiger partial charge in [-0.3, -0.25) is 4.90 Å². The van der Waals surface area contributed by atoms with E-state index >= 15 is 0 Å². The number of piperazine rings is 1. The van der Waals surface area contributed by atoms with E-state index in [2.05, 4.69) is 29.3 Å². The molecule has 2 aliphatic rings. The van der Waals surface area contributed by atoms with Crippen LogP contribution >= 0.6 is 0 Å². The van der Waals surface area contributed by atoms with Crippen LogP contribution in [0.3, 0.4) is 0 Å². The molecule has 8 nitrogen and oxygen atoms in total. The van der Waals surface area contributed by atoms with Crippen LogP contribution in [-0.4, -0.2) is 63.8 Å². The monoisotopic (exact) mass is 344 g/mol. The molecule has 1 fully saturated rings. The topological polar surface area (TPSA) is 68.5 Å². The smallest absolute Gasteiger partial charge is 0.228 e. The molecule has 0 unspecified atom stereocenters. The van der Waals surface area contributed by atoms with Gasteiger partial charge in [0.25, 0.3) is 0 Å². The Morgan fingerprint density at radius 1 is 1.16 bits per heavy atom. The van der Waals surface area contributed by atoms with Gasteiger partial charge in [-0.25, -0.2) is 9.97 Å². The second-order valence-corrected chi connectivity index (χ2v) is 6.26. The van der Waals surface area contributed by atoms with Gasteiger partial charge in [0.2, 0.25) is 11.8 Å². The van der Waals surface area contributed by atoms with Crippen LogP contribution < -0.4 is 9.64 Å². The standard InChI is InChI=1S/C17H24N6O2/c1-2-25-16-3-4-18-17(20-16)22-7-5-21(6-8-22)12-14-11-19-15-13-24-10-9-23(14)15/h3-4,11H,2,5-10,12-13H2,1H3. The van der Waals surface area contributed by atoms with Gasteiger partial charge in [0.15, 0.2) is 0 Å². The molecule has 0 N–H and O–H groups in total. The maximum absolute atomic E-state index is 5.47. The molecule has 0 aliphatic carbocycles. The van der Waals surface area contributed by atoms with Gasteiger partial charge in [0.1, 0.15) is 12.4 Å². The van der Waals surface area contributed by atoms with Crippen molar-refractivity contribution in [2.75, 3.05) is 44.3 Å². The summed E-state index contributed by atoms with van der Waals surface area (Å²) in [6.07, 6.45) is 3.76. The molecule has 2 aliphatic heterocycles. The number of hydrogen-bond donors (Lipinski definition) is 0. The van der Waals surface area contributed by atoms with E-state index < -0.39 is 0 Å². The average molecular weight is 344 g/mol. The summed E-state index contributed by atoms with van der Waals surface area (Å²) in [7, 11) is 0. The number of hydrogen-bond acceptors (Lipinski definition) is 7. The van der Waals surface area contributed by atoms with Crippen molar-refractivity contribution >= 4 is 5.95 Å². The van der Waals surface area contributed by atoms with Crippen molar-refractivity contribution in [3.05, 3.63) is 30.0 Å². The Balaban J connectivity index is 1.35. The number of rotatable bonds is 5. The summed E-state index contributed by atoms with van der Waals surface area (Å²) in [5.74, 6) is 2.44. The molecule has 25 heavy (non-hydrogen) atoms. The van der Waals surface area contributed by atoms with E-state index in [-0.39, 0.29) is 0 Å². The Morgan fingerprint density at radius 2 is 2.04 bits per heavy atom. The summed E-state index contributed by atoms with van der Waals surface area (Å²) in [4.78, 5) is 18.0. The van der Waals surface area contributed by atoms with Crippen molar-refractivity contribution in [2.24, 2.45) is 0 Å². The molecule has 134 valence electrons. The van der Waals surface area contributed by atoms with Gasteiger partial charge < -0.3 is 18.9 Å². The molecule has 4 rings (SSSR count). The minimum Gasteiger partial charge on any atom is -0.478 e. The Labute approximate surface area is 147 Å². The number of fused-ring (bicyclic) bond motifs is 1. The summed E-state index contributed by atoms with van der Waals surface area (Å²) in [6.45, 7) is 9.62. The van der Waals surface area contributed by atoms with Gasteiger partial charge in [0.05, 0.1) is 18.9 Å². The summed E-state index contributed by atoms with van der Waals surface area (Å²) < 4.78 is 13.2. The first-order valence-electron chi connectivity index (χ1n) is 8.87. The predicted molar refractivity (Wildman–Crippen MR) is 92.6 cm³/mol. The molecule has 4 heterocycles. The average Bonchev–Trinajstić information content (AvgIpc) is 3.06. The molecule has 1 saturated heterocycles. The molecule has 0 radical (unpaired) electrons. The first-order chi connectivity index (χ1) is 12.3. The molecule has 0 atom stereocenters. The van der Waals surface area contributed by atoms with E-state index in [4.69, 9.17) is 9.47 Å². The number of imidazole rings is 1. The van der Waals surface area contributed by atoms with Gasteiger partial charge in [-0.05, 0) is 6.92 Å². The van der Waals surface area contributed by atoms with Crippen LogP contribution in [0, 0.1) is 0 Å². The number of anilines is 1. The van der Waals surface area contributed by atoms with Crippen molar-refractivity contribution in [2.45, 2.75) is 26.6 Å². The lowest BCUT2D eigenvalue weighted by molar-refractivity contribution is 0.0795. The third kappa shape index (κ3) is 3.59. The van der Waals surface area contributed by atoms with Crippen LogP contribution in [0.4, 0.5) is 5.95 Å². The number of nitrogens with zero attached hydrogens (tertiary/aromatic N) is 6. The molecule has 0 amide bonds. The predicted octanol–water partition coefficient (Wildman–Crippen LogP) is 0.924. The van der Waals surface area contributed by atoms with Gasteiger partial charge >= 0.3 is 0 Å². The highest BCUT2D eigenvalue weighted by atomic mass is 16.5. The van der Waals surface area contributed by atoms with E-state index in [1.165, 1.54) is 5.69 Å². The third-order valence-corrected chi connectivity index (χ3v) is 4.66. The molecule has 8 heteroatoms. The van der Waals surface area contributed by atoms with Gasteiger partial charge in [0, 0.05) is 57.7 Å². The Morgan fingerprint density at radius 3 is 2.88 bits per heavy atom. The fraction of sp³-hybridized carbons (Fsp3) is 0.588. The number of aromatic nitrogens is 4. The Kier molecular flexibility index (Phi) is 4.80. The van der Waals surface area contributed by atoms with E-state index in [1.807, 2.05) is 13.1 Å². The van der Waals surface area contributed by atoms with Crippen LogP contribution in [0.25, 0.3) is 0 Å². The van der Waals surface area contributed by atoms with E-state index in [9.17, 15) is 0 Å². The lowest BCUT2D eigenvalue weighted by atomic mass is 10.3. The van der Waals surface area contributed by atoms with Crippen molar-refractivity contribution < 1.29 is 9.47 Å². The fourth-order valence-corrected chi connectivity index (χ4v) is 3.34. The molecule has 0 saturated carbocycles. The summed E-state index contributed by atoms with van der Waals surface area (Å²) in [5.41, 5.74) is 1.28. The molecular formula is C17H24N6O2. The maximum atomic E-state index is 5.47. The molecule has 0 spiro atoms. The van der Waals surface area contributed by atoms with Gasteiger partial charge in [-0.2, -0.15) is 4.98 Å². The lowest BCUT2D eigenvalue weighted by Gasteiger charge is -2.34. The Hall–Kier alpha value is -2.19. The van der Waals surface area contributed by atoms with E-state index in [1.54, 1.807) is 12.3 Å². The minimum atomic E-state index is 0.616. The third-order valence-electron chi connectivity index (χ3n) is 4.66. The highest BCUT2D eigenvalue weighted by molar-refractivity contribution is 5.32. The van der Waals surface area contributed by atoms with Crippen LogP contribution in [0.5, 0.6) is 5.88 Å². The molecule has 0 aromatic carbocycles. The largest absolute Gasteiger partial charge is 0.478 e. The summed E-state index contributed by atoms with van der Waals surface area (Å²) in [5, 5.41) is 0. The molecule has 0 bridgehead atoms. The zero-order chi connectivity index (χ0) is 17.1. The van der Waals surface area contributed by atoms with Gasteiger partial charge in [-0.15, -0.1) is 0 Å². The van der Waals surface area contributed by atoms with Crippen LogP contribution in [0.15, 0.2) is 18.5 Å². The summed E-state index contributed by atoms with van der Waals surface area (Å²) >= 11 is 0. The highest BCUT2D eigenvalue weighted by Crippen LogP contribution is 2.17. The van der Waals surface area contributed by atoms with E-state index in [0.717, 1.165) is 57.6 Å². The normalized spacial score (nSPS) is 18.2. The van der Waals surface area contributed by atoms with Crippen molar-refractivity contribution in [1.29, 1.82) is 0 Å². The second-order valence-electron chi connectivity index (χ2n) is 6.26. The van der Waals surface area contributed by atoms with E-state index in [0.29, 0.717) is 19.1 Å². The second kappa shape index (κ2) is 7.37. The maximum Gasteiger partial charge on any atom is 0.228 e. The van der Waals surface area contributed by atoms with Gasteiger partial charge in [-0.1, -0.05) is 0 Å². The van der Waals surface area contributed by atoms with Crippen LogP contribution in [-0.2, 0) is 24.4 Å². The summed E-state index contributed by atoms with van der Waals surface area (Å²) in [6, 6.07) is 1.80. The van der Waals surface area contributed by atoms with Crippen LogP contribution in [0.1, 0.15) is 18.4 Å². The van der Waals surface area contributed by atoms with Crippen molar-refractivity contribution in [3.63, 3.8) is 0 Å². The quantitative estimate of drug-likeness (QED) is 0.799. The van der Waals surface area contributed by atoms with Crippen molar-refractivity contribution in [1.82, 2.24) is 24.4 Å². The highest BCUT2D eigenvalue weighted by Gasteiger charge is 2.22. The molecule has 2 aromatic heterocycles.